The van der Waals surface area contributed by atoms with E-state index in [9.17, 15) is 4.79 Å². The minimum absolute atomic E-state index is 0. The van der Waals surface area contributed by atoms with Gasteiger partial charge in [-0.25, -0.2) is 0 Å². The summed E-state index contributed by atoms with van der Waals surface area (Å²) < 4.78 is 16.4. The van der Waals surface area contributed by atoms with E-state index in [0.29, 0.717) is 29.3 Å². The molecule has 0 bridgehead atoms. The van der Waals surface area contributed by atoms with E-state index in [1.165, 1.54) is 5.56 Å². The number of hydrogen-bond acceptors (Lipinski definition) is 5. The van der Waals surface area contributed by atoms with Crippen LogP contribution in [0, 0.1) is 13.8 Å². The number of nitrogens with two attached hydrogens (primary N) is 1. The van der Waals surface area contributed by atoms with Gasteiger partial charge in [0.25, 0.3) is 5.91 Å². The number of ether oxygens (including phenoxy) is 3. The monoisotopic (exact) mass is 362 g/mol. The number of nitrogens with one attached hydrogen (secondary N) is 1. The normalized spacial score (nSPS) is 16.6. The van der Waals surface area contributed by atoms with Crippen molar-refractivity contribution in [2.24, 2.45) is 0 Å². The average Bonchev–Trinajstić information content (AvgIpc) is 3.14. The number of fused-ring (bicyclic) bond motifs is 2. The van der Waals surface area contributed by atoms with Crippen LogP contribution < -0.4 is 25.3 Å². The van der Waals surface area contributed by atoms with Crippen molar-refractivity contribution in [3.63, 3.8) is 0 Å². The summed E-state index contributed by atoms with van der Waals surface area (Å²) in [5.41, 5.74) is 10.3. The lowest BCUT2D eigenvalue weighted by Crippen LogP contribution is -2.31. The standard InChI is InChI=1S/C18H18N2O4.ClH/c1-9-3-11-5-17(24-14(11)4-10(9)2)18(21)20-13-7-16-15(6-12(13)19)22-8-23-16;/h3-4,6-7,17H,5,8,19H2,1-2H3,(H,20,21);1H. The Hall–Kier alpha value is -2.60. The first-order chi connectivity index (χ1) is 11.5. The van der Waals surface area contributed by atoms with Gasteiger partial charge in [0.15, 0.2) is 17.6 Å². The molecule has 1 unspecified atom stereocenters. The highest BCUT2D eigenvalue weighted by Crippen LogP contribution is 2.39. The second-order valence-electron chi connectivity index (χ2n) is 6.14. The Morgan fingerprint density at radius 3 is 2.52 bits per heavy atom. The highest BCUT2D eigenvalue weighted by molar-refractivity contribution is 5.98. The Morgan fingerprint density at radius 1 is 1.08 bits per heavy atom. The van der Waals surface area contributed by atoms with E-state index in [0.717, 1.165) is 16.9 Å². The van der Waals surface area contributed by atoms with Crippen molar-refractivity contribution in [2.75, 3.05) is 17.8 Å². The van der Waals surface area contributed by atoms with Crippen LogP contribution >= 0.6 is 12.4 Å². The second-order valence-corrected chi connectivity index (χ2v) is 6.14. The molecule has 1 atom stereocenters. The first kappa shape index (κ1) is 17.2. The van der Waals surface area contributed by atoms with Gasteiger partial charge in [0, 0.05) is 18.6 Å². The van der Waals surface area contributed by atoms with Gasteiger partial charge in [-0.2, -0.15) is 0 Å². The molecule has 0 radical (unpaired) electrons. The van der Waals surface area contributed by atoms with Gasteiger partial charge in [-0.1, -0.05) is 6.07 Å². The third-order valence-corrected chi connectivity index (χ3v) is 4.45. The number of nitrogen functional groups attached to an aromatic ring is 1. The van der Waals surface area contributed by atoms with E-state index in [2.05, 4.69) is 18.3 Å². The Labute approximate surface area is 151 Å². The lowest BCUT2D eigenvalue weighted by atomic mass is 10.0. The second kappa shape index (κ2) is 6.37. The smallest absolute Gasteiger partial charge is 0.265 e. The molecular weight excluding hydrogens is 344 g/mol. The van der Waals surface area contributed by atoms with Crippen molar-refractivity contribution in [2.45, 2.75) is 26.4 Å². The van der Waals surface area contributed by atoms with E-state index >= 15 is 0 Å². The number of halogens is 1. The zero-order valence-corrected chi connectivity index (χ0v) is 14.7. The molecule has 0 spiro atoms. The fraction of sp³-hybridized carbons (Fsp3) is 0.278. The third-order valence-electron chi connectivity index (χ3n) is 4.45. The number of anilines is 2. The Bertz CT molecular complexity index is 822. The molecule has 3 N–H and O–H groups in total. The number of rotatable bonds is 2. The molecule has 2 aromatic rings. The molecule has 132 valence electrons. The van der Waals surface area contributed by atoms with Crippen molar-refractivity contribution >= 4 is 29.7 Å². The third kappa shape index (κ3) is 3.05. The lowest BCUT2D eigenvalue weighted by molar-refractivity contribution is -0.122. The van der Waals surface area contributed by atoms with Crippen molar-refractivity contribution in [3.8, 4) is 17.2 Å². The van der Waals surface area contributed by atoms with E-state index in [4.69, 9.17) is 19.9 Å². The van der Waals surface area contributed by atoms with E-state index < -0.39 is 6.10 Å². The van der Waals surface area contributed by atoms with E-state index in [1.807, 2.05) is 13.0 Å². The van der Waals surface area contributed by atoms with Crippen molar-refractivity contribution in [1.29, 1.82) is 0 Å². The molecule has 6 nitrogen and oxygen atoms in total. The van der Waals surface area contributed by atoms with E-state index in [-0.39, 0.29) is 25.1 Å². The van der Waals surface area contributed by atoms with E-state index in [1.54, 1.807) is 12.1 Å². The van der Waals surface area contributed by atoms with Crippen LogP contribution in [0.3, 0.4) is 0 Å². The van der Waals surface area contributed by atoms with Gasteiger partial charge in [-0.05, 0) is 36.6 Å². The molecule has 7 heteroatoms. The molecule has 1 amide bonds. The van der Waals surface area contributed by atoms with Gasteiger partial charge < -0.3 is 25.3 Å². The molecule has 2 aliphatic heterocycles. The molecule has 0 saturated heterocycles. The summed E-state index contributed by atoms with van der Waals surface area (Å²) in [6, 6.07) is 7.38. The Morgan fingerprint density at radius 2 is 1.76 bits per heavy atom. The zero-order valence-electron chi connectivity index (χ0n) is 13.9. The molecule has 2 aromatic carbocycles. The van der Waals surface area contributed by atoms with Gasteiger partial charge in [-0.15, -0.1) is 12.4 Å². The molecule has 2 heterocycles. The molecule has 0 saturated carbocycles. The zero-order chi connectivity index (χ0) is 16.8. The maximum absolute atomic E-state index is 12.5. The van der Waals surface area contributed by atoms with Gasteiger partial charge in [0.2, 0.25) is 6.79 Å². The maximum Gasteiger partial charge on any atom is 0.265 e. The van der Waals surface area contributed by atoms with Gasteiger partial charge in [0.05, 0.1) is 11.4 Å². The predicted molar refractivity (Wildman–Crippen MR) is 96.9 cm³/mol. The molecule has 2 aliphatic rings. The summed E-state index contributed by atoms with van der Waals surface area (Å²) in [5, 5.41) is 2.82. The molecule has 0 aromatic heterocycles. The molecule has 25 heavy (non-hydrogen) atoms. The Balaban J connectivity index is 0.00000182. The van der Waals surface area contributed by atoms with Crippen molar-refractivity contribution in [3.05, 3.63) is 41.0 Å². The topological polar surface area (TPSA) is 82.8 Å². The molecule has 4 rings (SSSR count). The summed E-state index contributed by atoms with van der Waals surface area (Å²) in [6.07, 6.45) is -0.0155. The molecule has 0 aliphatic carbocycles. The van der Waals surface area contributed by atoms with Crippen LogP contribution in [0.4, 0.5) is 11.4 Å². The number of aryl methyl sites for hydroxylation is 2. The van der Waals surface area contributed by atoms with Crippen LogP contribution in [0.25, 0.3) is 0 Å². The molecular formula is C18H19ClN2O4. The van der Waals surface area contributed by atoms with Gasteiger partial charge >= 0.3 is 0 Å². The quantitative estimate of drug-likeness (QED) is 0.802. The fourth-order valence-electron chi connectivity index (χ4n) is 2.94. The van der Waals surface area contributed by atoms with Crippen molar-refractivity contribution in [1.82, 2.24) is 0 Å². The largest absolute Gasteiger partial charge is 0.480 e. The highest BCUT2D eigenvalue weighted by Gasteiger charge is 2.30. The number of benzene rings is 2. The number of carbonyl (C=O) groups is 1. The van der Waals surface area contributed by atoms with Crippen LogP contribution in [-0.4, -0.2) is 18.8 Å². The fourth-order valence-corrected chi connectivity index (χ4v) is 2.94. The average molecular weight is 363 g/mol. The highest BCUT2D eigenvalue weighted by atomic mass is 35.5. The summed E-state index contributed by atoms with van der Waals surface area (Å²) in [7, 11) is 0. The van der Waals surface area contributed by atoms with Gasteiger partial charge in [-0.3, -0.25) is 4.79 Å². The van der Waals surface area contributed by atoms with Crippen molar-refractivity contribution < 1.29 is 19.0 Å². The van der Waals surface area contributed by atoms with Crippen LogP contribution in [0.5, 0.6) is 17.2 Å². The number of amides is 1. The summed E-state index contributed by atoms with van der Waals surface area (Å²) in [6.45, 7) is 4.24. The first-order valence-corrected chi connectivity index (χ1v) is 7.78. The predicted octanol–water partition coefficient (Wildman–Crippen LogP) is 2.98. The number of carbonyl (C=O) groups excluding carboxylic acids is 1. The summed E-state index contributed by atoms with van der Waals surface area (Å²) in [4.78, 5) is 12.5. The molecule has 0 fully saturated rings. The van der Waals surface area contributed by atoms with Crippen LogP contribution in [-0.2, 0) is 11.2 Å². The van der Waals surface area contributed by atoms with Crippen LogP contribution in [0.2, 0.25) is 0 Å². The minimum Gasteiger partial charge on any atom is -0.480 e. The van der Waals surface area contributed by atoms with Crippen LogP contribution in [0.15, 0.2) is 24.3 Å². The maximum atomic E-state index is 12.5. The first-order valence-electron chi connectivity index (χ1n) is 7.78. The number of hydrogen-bond donors (Lipinski definition) is 2. The SMILES string of the molecule is Cc1cc2c(cc1C)OC(C(=O)Nc1cc3c(cc1N)OCO3)C2.Cl. The minimum atomic E-state index is -0.564. The van der Waals surface area contributed by atoms with Crippen LogP contribution in [0.1, 0.15) is 16.7 Å². The lowest BCUT2D eigenvalue weighted by Gasteiger charge is -2.13. The summed E-state index contributed by atoms with van der Waals surface area (Å²) in [5.74, 6) is 1.70. The summed E-state index contributed by atoms with van der Waals surface area (Å²) >= 11 is 0. The Kier molecular flexibility index (Phi) is 4.39. The van der Waals surface area contributed by atoms with Gasteiger partial charge in [0.1, 0.15) is 5.75 Å².